The monoisotopic (exact) mass is 499 g/mol. The average molecular weight is 500 g/mol. The smallest absolute Gasteiger partial charge is 0.264 e. The number of aromatic nitrogens is 1. The molecule has 0 radical (unpaired) electrons. The number of fused-ring (bicyclic) bond motifs is 1. The lowest BCUT2D eigenvalue weighted by Crippen LogP contribution is -2.31. The maximum atomic E-state index is 13.2. The van der Waals surface area contributed by atoms with E-state index in [4.69, 9.17) is 11.6 Å². The molecule has 0 unspecified atom stereocenters. The second-order valence-electron chi connectivity index (χ2n) is 8.95. The Morgan fingerprint density at radius 2 is 1.59 bits per heavy atom. The lowest BCUT2D eigenvalue weighted by atomic mass is 9.87. The predicted molar refractivity (Wildman–Crippen MR) is 129 cm³/mol. The minimum absolute atomic E-state index is 0.00801. The van der Waals surface area contributed by atoms with E-state index in [9.17, 15) is 22.8 Å². The molecule has 0 fully saturated rings. The molecule has 0 saturated carbocycles. The summed E-state index contributed by atoms with van der Waals surface area (Å²) in [6.45, 7) is 5.77. The number of nitrogens with zero attached hydrogens (tertiary/aromatic N) is 1. The summed E-state index contributed by atoms with van der Waals surface area (Å²) in [5.74, 6) is -1.45. The largest absolute Gasteiger partial charge is 0.329 e. The molecule has 0 atom stereocenters. The third-order valence-electron chi connectivity index (χ3n) is 5.58. The van der Waals surface area contributed by atoms with Gasteiger partial charge in [-0.25, -0.2) is 8.42 Å². The van der Waals surface area contributed by atoms with Crippen molar-refractivity contribution in [2.75, 3.05) is 4.72 Å². The Morgan fingerprint density at radius 1 is 0.941 bits per heavy atom. The molecule has 0 aliphatic carbocycles. The minimum atomic E-state index is -4.06. The molecule has 176 valence electrons. The summed E-state index contributed by atoms with van der Waals surface area (Å²) in [5, 5.41) is 0.00954. The van der Waals surface area contributed by atoms with Gasteiger partial charge in [0.05, 0.1) is 33.3 Å². The fourth-order valence-corrected chi connectivity index (χ4v) is 5.00. The van der Waals surface area contributed by atoms with Crippen LogP contribution in [0.1, 0.15) is 52.6 Å². The summed E-state index contributed by atoms with van der Waals surface area (Å²) in [7, 11) is -4.06. The Morgan fingerprint density at radius 3 is 2.21 bits per heavy atom. The van der Waals surface area contributed by atoms with Crippen LogP contribution in [0.4, 0.5) is 5.69 Å². The minimum Gasteiger partial charge on any atom is -0.329 e. The van der Waals surface area contributed by atoms with Crippen molar-refractivity contribution >= 4 is 39.1 Å². The quantitative estimate of drug-likeness (QED) is 0.516. The number of aromatic amines is 1. The summed E-state index contributed by atoms with van der Waals surface area (Å²) >= 11 is 6.20. The number of amides is 2. The zero-order valence-electron chi connectivity index (χ0n) is 18.7. The molecule has 34 heavy (non-hydrogen) atoms. The molecule has 1 aliphatic rings. The first-order valence-corrected chi connectivity index (χ1v) is 12.2. The number of hydrogen-bond donors (Lipinski definition) is 2. The Bertz CT molecular complexity index is 1470. The van der Waals surface area contributed by atoms with E-state index in [1.165, 1.54) is 36.5 Å². The number of imide groups is 1. The van der Waals surface area contributed by atoms with Gasteiger partial charge in [0, 0.05) is 11.8 Å². The van der Waals surface area contributed by atoms with Crippen LogP contribution in [0.5, 0.6) is 0 Å². The van der Waals surface area contributed by atoms with Crippen molar-refractivity contribution in [3.05, 3.63) is 92.4 Å². The standard InChI is InChI=1S/C24H22ClN3O5S/c1-24(2,3)15-6-8-16(9-7-15)34(32,33)27-18-11-10-17(25)19-20(18)23(31)28(22(19)30)13-14-5-4-12-26-21(14)29/h4-12,27H,13H2,1-3H3,(H,26,29). The van der Waals surface area contributed by atoms with Crippen LogP contribution in [0.25, 0.3) is 0 Å². The number of halogens is 1. The van der Waals surface area contributed by atoms with Gasteiger partial charge in [0.25, 0.3) is 27.4 Å². The second-order valence-corrected chi connectivity index (χ2v) is 11.0. The summed E-state index contributed by atoms with van der Waals surface area (Å²) < 4.78 is 28.5. The fraction of sp³-hybridized carbons (Fsp3) is 0.208. The van der Waals surface area contributed by atoms with E-state index < -0.39 is 27.4 Å². The van der Waals surface area contributed by atoms with Gasteiger partial charge < -0.3 is 4.98 Å². The summed E-state index contributed by atoms with van der Waals surface area (Å²) in [6, 6.07) is 12.2. The predicted octanol–water partition coefficient (Wildman–Crippen LogP) is 3.92. The Labute approximate surface area is 201 Å². The van der Waals surface area contributed by atoms with Crippen molar-refractivity contribution in [3.63, 3.8) is 0 Å². The van der Waals surface area contributed by atoms with E-state index in [1.54, 1.807) is 18.2 Å². The number of rotatable bonds is 5. The van der Waals surface area contributed by atoms with Crippen LogP contribution in [-0.2, 0) is 22.0 Å². The highest BCUT2D eigenvalue weighted by Crippen LogP contribution is 2.36. The molecule has 2 amide bonds. The number of carbonyl (C=O) groups is 2. The highest BCUT2D eigenvalue weighted by atomic mass is 35.5. The van der Waals surface area contributed by atoms with Crippen molar-refractivity contribution < 1.29 is 18.0 Å². The summed E-state index contributed by atoms with van der Waals surface area (Å²) in [4.78, 5) is 41.6. The Kier molecular flexibility index (Phi) is 5.87. The van der Waals surface area contributed by atoms with Crippen LogP contribution in [0.3, 0.4) is 0 Å². The molecular formula is C24H22ClN3O5S. The van der Waals surface area contributed by atoms with E-state index in [2.05, 4.69) is 9.71 Å². The normalized spacial score (nSPS) is 13.8. The van der Waals surface area contributed by atoms with Crippen LogP contribution in [-0.4, -0.2) is 30.1 Å². The number of benzene rings is 2. The van der Waals surface area contributed by atoms with Crippen LogP contribution in [0, 0.1) is 0 Å². The molecule has 1 aromatic heterocycles. The molecule has 1 aliphatic heterocycles. The molecule has 2 N–H and O–H groups in total. The molecular weight excluding hydrogens is 478 g/mol. The maximum Gasteiger partial charge on any atom is 0.264 e. The highest BCUT2D eigenvalue weighted by Gasteiger charge is 2.40. The molecule has 0 spiro atoms. The number of anilines is 1. The third-order valence-corrected chi connectivity index (χ3v) is 7.27. The zero-order chi connectivity index (χ0) is 24.8. The molecule has 2 heterocycles. The molecule has 0 saturated heterocycles. The van der Waals surface area contributed by atoms with Gasteiger partial charge in [-0.15, -0.1) is 0 Å². The second kappa shape index (κ2) is 8.41. The number of pyridine rings is 1. The molecule has 8 nitrogen and oxygen atoms in total. The number of hydrogen-bond acceptors (Lipinski definition) is 5. The van der Waals surface area contributed by atoms with Crippen LogP contribution in [0.2, 0.25) is 5.02 Å². The number of nitrogens with one attached hydrogen (secondary N) is 2. The van der Waals surface area contributed by atoms with Gasteiger partial charge >= 0.3 is 0 Å². The molecule has 2 aromatic carbocycles. The first-order chi connectivity index (χ1) is 15.9. The van der Waals surface area contributed by atoms with Crippen LogP contribution >= 0.6 is 11.6 Å². The van der Waals surface area contributed by atoms with Gasteiger partial charge in [-0.2, -0.15) is 0 Å². The lowest BCUT2D eigenvalue weighted by Gasteiger charge is -2.19. The van der Waals surface area contributed by atoms with Gasteiger partial charge in [-0.05, 0) is 41.3 Å². The van der Waals surface area contributed by atoms with Gasteiger partial charge in [0.2, 0.25) is 0 Å². The Hall–Kier alpha value is -3.43. The lowest BCUT2D eigenvalue weighted by molar-refractivity contribution is 0.0642. The summed E-state index contributed by atoms with van der Waals surface area (Å²) in [5.41, 5.74) is 0.248. The third kappa shape index (κ3) is 4.24. The fourth-order valence-electron chi connectivity index (χ4n) is 3.69. The molecule has 4 rings (SSSR count). The van der Waals surface area contributed by atoms with Crippen molar-refractivity contribution in [3.8, 4) is 0 Å². The van der Waals surface area contributed by atoms with Gasteiger partial charge in [-0.1, -0.05) is 50.6 Å². The van der Waals surface area contributed by atoms with Crippen molar-refractivity contribution in [2.45, 2.75) is 37.6 Å². The van der Waals surface area contributed by atoms with Crippen molar-refractivity contribution in [1.29, 1.82) is 0 Å². The van der Waals surface area contributed by atoms with E-state index in [0.717, 1.165) is 10.5 Å². The molecule has 10 heteroatoms. The molecule has 0 bridgehead atoms. The summed E-state index contributed by atoms with van der Waals surface area (Å²) in [6.07, 6.45) is 1.44. The van der Waals surface area contributed by atoms with Crippen LogP contribution < -0.4 is 10.3 Å². The SMILES string of the molecule is CC(C)(C)c1ccc(S(=O)(=O)Nc2ccc(Cl)c3c2C(=O)N(Cc2ccc[nH]c2=O)C3=O)cc1. The zero-order valence-corrected chi connectivity index (χ0v) is 20.3. The van der Waals surface area contributed by atoms with Crippen molar-refractivity contribution in [1.82, 2.24) is 9.88 Å². The van der Waals surface area contributed by atoms with E-state index in [1.807, 2.05) is 20.8 Å². The van der Waals surface area contributed by atoms with Gasteiger partial charge in [0.15, 0.2) is 0 Å². The average Bonchev–Trinajstić information content (AvgIpc) is 3.02. The van der Waals surface area contributed by atoms with Gasteiger partial charge in [0.1, 0.15) is 0 Å². The van der Waals surface area contributed by atoms with Gasteiger partial charge in [-0.3, -0.25) is 24.0 Å². The maximum absolute atomic E-state index is 13.2. The van der Waals surface area contributed by atoms with Crippen LogP contribution in [0.15, 0.2) is 64.4 Å². The van der Waals surface area contributed by atoms with E-state index in [-0.39, 0.29) is 44.3 Å². The number of sulfonamides is 1. The molecule has 3 aromatic rings. The Balaban J connectivity index is 1.69. The first-order valence-electron chi connectivity index (χ1n) is 10.4. The topological polar surface area (TPSA) is 116 Å². The number of carbonyl (C=O) groups excluding carboxylic acids is 2. The number of H-pyrrole nitrogens is 1. The highest BCUT2D eigenvalue weighted by molar-refractivity contribution is 7.92. The first kappa shape index (κ1) is 23.7. The van der Waals surface area contributed by atoms with E-state index >= 15 is 0 Å². The van der Waals surface area contributed by atoms with E-state index in [0.29, 0.717) is 0 Å². The van der Waals surface area contributed by atoms with Crippen molar-refractivity contribution in [2.24, 2.45) is 0 Å².